The summed E-state index contributed by atoms with van der Waals surface area (Å²) < 4.78 is 5.98. The lowest BCUT2D eigenvalue weighted by molar-refractivity contribution is 0.148. The molecule has 2 N–H and O–H groups in total. The van der Waals surface area contributed by atoms with Gasteiger partial charge in [0, 0.05) is 25.0 Å². The van der Waals surface area contributed by atoms with E-state index in [4.69, 9.17) is 4.74 Å². The highest BCUT2D eigenvalue weighted by atomic mass is 127. The smallest absolute Gasteiger partial charge is 0.213 e. The second kappa shape index (κ2) is 12.5. The van der Waals surface area contributed by atoms with Gasteiger partial charge in [-0.1, -0.05) is 18.6 Å². The number of aliphatic imine (C=N–C) groups is 1. The Bertz CT molecular complexity index is 702. The molecule has 0 unspecified atom stereocenters. The Kier molecular flexibility index (Phi) is 10.0. The number of ether oxygens (including phenoxy) is 1. The molecule has 1 aliphatic rings. The molecule has 2 aromatic rings. The molecular formula is C21H30IN5O. The summed E-state index contributed by atoms with van der Waals surface area (Å²) in [7, 11) is 0. The number of nitrogens with one attached hydrogen (secondary N) is 2. The molecule has 6 nitrogen and oxygen atoms in total. The van der Waals surface area contributed by atoms with E-state index in [9.17, 15) is 0 Å². The molecule has 0 amide bonds. The molecule has 2 heterocycles. The number of halogens is 1. The van der Waals surface area contributed by atoms with Crippen LogP contribution in [0.1, 0.15) is 50.3 Å². The van der Waals surface area contributed by atoms with Crippen LogP contribution in [0.2, 0.25) is 0 Å². The third-order valence-electron chi connectivity index (χ3n) is 4.56. The van der Waals surface area contributed by atoms with Crippen molar-refractivity contribution < 1.29 is 4.74 Å². The van der Waals surface area contributed by atoms with Gasteiger partial charge in [-0.25, -0.2) is 9.98 Å². The third kappa shape index (κ3) is 7.61. The summed E-state index contributed by atoms with van der Waals surface area (Å²) >= 11 is 0. The van der Waals surface area contributed by atoms with Gasteiger partial charge in [0.1, 0.15) is 6.10 Å². The van der Waals surface area contributed by atoms with E-state index in [2.05, 4.69) is 32.5 Å². The van der Waals surface area contributed by atoms with Crippen LogP contribution in [0.15, 0.2) is 47.7 Å². The van der Waals surface area contributed by atoms with E-state index in [1.54, 1.807) is 6.20 Å². The van der Waals surface area contributed by atoms with E-state index in [1.807, 2.05) is 36.5 Å². The molecule has 7 heteroatoms. The molecule has 1 fully saturated rings. The molecule has 1 saturated carbocycles. The highest BCUT2D eigenvalue weighted by molar-refractivity contribution is 14.0. The topological polar surface area (TPSA) is 71.4 Å². The molecule has 0 bridgehead atoms. The fourth-order valence-corrected chi connectivity index (χ4v) is 3.12. The molecule has 0 aliphatic heterocycles. The zero-order chi connectivity index (χ0) is 18.7. The Morgan fingerprint density at radius 1 is 1.11 bits per heavy atom. The highest BCUT2D eigenvalue weighted by Crippen LogP contribution is 2.22. The Balaban J connectivity index is 0.00000280. The Morgan fingerprint density at radius 2 is 1.96 bits per heavy atom. The van der Waals surface area contributed by atoms with Crippen molar-refractivity contribution in [3.8, 4) is 5.88 Å². The van der Waals surface area contributed by atoms with Gasteiger partial charge in [0.05, 0.1) is 18.8 Å². The Labute approximate surface area is 184 Å². The summed E-state index contributed by atoms with van der Waals surface area (Å²) in [5.74, 6) is 1.49. The average molecular weight is 495 g/mol. The van der Waals surface area contributed by atoms with Gasteiger partial charge in [-0.15, -0.1) is 24.0 Å². The van der Waals surface area contributed by atoms with Gasteiger partial charge >= 0.3 is 0 Å². The van der Waals surface area contributed by atoms with Gasteiger partial charge in [-0.05, 0) is 50.3 Å². The van der Waals surface area contributed by atoms with Gasteiger partial charge < -0.3 is 15.4 Å². The maximum atomic E-state index is 5.98. The fraction of sp³-hybridized carbons (Fsp3) is 0.476. The van der Waals surface area contributed by atoms with Crippen LogP contribution in [0, 0.1) is 0 Å². The number of rotatable bonds is 7. The van der Waals surface area contributed by atoms with E-state index in [0.29, 0.717) is 19.2 Å². The average Bonchev–Trinajstić information content (AvgIpc) is 2.73. The zero-order valence-corrected chi connectivity index (χ0v) is 18.8. The molecule has 152 valence electrons. The van der Waals surface area contributed by atoms with E-state index >= 15 is 0 Å². The van der Waals surface area contributed by atoms with Gasteiger partial charge in [0.2, 0.25) is 5.88 Å². The predicted molar refractivity (Wildman–Crippen MR) is 123 cm³/mol. The molecule has 1 aliphatic carbocycles. The van der Waals surface area contributed by atoms with E-state index in [0.717, 1.165) is 42.5 Å². The Morgan fingerprint density at radius 3 is 2.64 bits per heavy atom. The zero-order valence-electron chi connectivity index (χ0n) is 16.4. The number of guanidine groups is 1. The summed E-state index contributed by atoms with van der Waals surface area (Å²) in [6.45, 7) is 4.06. The molecular weight excluding hydrogens is 465 g/mol. The second-order valence-corrected chi connectivity index (χ2v) is 6.75. The molecule has 0 aromatic carbocycles. The number of aromatic nitrogens is 2. The first kappa shape index (κ1) is 22.4. The molecule has 2 aromatic heterocycles. The molecule has 0 atom stereocenters. The van der Waals surface area contributed by atoms with Gasteiger partial charge in [-0.2, -0.15) is 0 Å². The van der Waals surface area contributed by atoms with Crippen LogP contribution in [0.4, 0.5) is 0 Å². The standard InChI is InChI=1S/C21H29N5O.HI/c1-2-22-21(26-16-18-8-6-7-13-23-18)25-15-17-11-12-20(24-14-17)27-19-9-4-3-5-10-19;/h6-8,11-14,19H,2-5,9-10,15-16H2,1H3,(H2,22,25,26);1H. The van der Waals surface area contributed by atoms with Crippen LogP contribution in [-0.2, 0) is 13.1 Å². The van der Waals surface area contributed by atoms with E-state index < -0.39 is 0 Å². The summed E-state index contributed by atoms with van der Waals surface area (Å²) in [4.78, 5) is 13.4. The van der Waals surface area contributed by atoms with Crippen molar-refractivity contribution in [2.45, 2.75) is 58.2 Å². The van der Waals surface area contributed by atoms with Crippen molar-refractivity contribution in [2.75, 3.05) is 6.54 Å². The van der Waals surface area contributed by atoms with Crippen LogP contribution in [0.25, 0.3) is 0 Å². The van der Waals surface area contributed by atoms with Gasteiger partial charge in [0.15, 0.2) is 5.96 Å². The summed E-state index contributed by atoms with van der Waals surface area (Å²) in [5.41, 5.74) is 2.04. The van der Waals surface area contributed by atoms with E-state index in [-0.39, 0.29) is 24.0 Å². The first-order valence-electron chi connectivity index (χ1n) is 9.87. The molecule has 0 saturated heterocycles. The van der Waals surface area contributed by atoms with Crippen molar-refractivity contribution in [3.05, 3.63) is 54.0 Å². The maximum absolute atomic E-state index is 5.98. The second-order valence-electron chi connectivity index (χ2n) is 6.75. The lowest BCUT2D eigenvalue weighted by Crippen LogP contribution is -2.37. The van der Waals surface area contributed by atoms with Crippen LogP contribution in [-0.4, -0.2) is 28.6 Å². The first-order chi connectivity index (χ1) is 13.3. The quantitative estimate of drug-likeness (QED) is 0.345. The largest absolute Gasteiger partial charge is 0.474 e. The number of nitrogens with zero attached hydrogens (tertiary/aromatic N) is 3. The number of hydrogen-bond donors (Lipinski definition) is 2. The number of pyridine rings is 2. The molecule has 0 radical (unpaired) electrons. The Hall–Kier alpha value is -1.90. The third-order valence-corrected chi connectivity index (χ3v) is 4.56. The van der Waals surface area contributed by atoms with Crippen LogP contribution < -0.4 is 15.4 Å². The predicted octanol–water partition coefficient (Wildman–Crippen LogP) is 4.06. The van der Waals surface area contributed by atoms with Crippen LogP contribution in [0.5, 0.6) is 5.88 Å². The molecule has 0 spiro atoms. The minimum atomic E-state index is 0. The van der Waals surface area contributed by atoms with Gasteiger partial charge in [-0.3, -0.25) is 4.98 Å². The van der Waals surface area contributed by atoms with Crippen LogP contribution >= 0.6 is 24.0 Å². The monoisotopic (exact) mass is 495 g/mol. The minimum absolute atomic E-state index is 0. The van der Waals surface area contributed by atoms with Crippen molar-refractivity contribution in [1.29, 1.82) is 0 Å². The SMILES string of the molecule is CCNC(=NCc1ccc(OC2CCCCC2)nc1)NCc1ccccn1.I. The molecule has 28 heavy (non-hydrogen) atoms. The highest BCUT2D eigenvalue weighted by Gasteiger charge is 2.15. The minimum Gasteiger partial charge on any atom is -0.474 e. The molecule has 3 rings (SSSR count). The van der Waals surface area contributed by atoms with Crippen molar-refractivity contribution in [3.63, 3.8) is 0 Å². The van der Waals surface area contributed by atoms with Crippen molar-refractivity contribution in [2.24, 2.45) is 4.99 Å². The summed E-state index contributed by atoms with van der Waals surface area (Å²) in [5, 5.41) is 6.56. The van der Waals surface area contributed by atoms with Crippen LogP contribution in [0.3, 0.4) is 0 Å². The lowest BCUT2D eigenvalue weighted by Gasteiger charge is -2.22. The maximum Gasteiger partial charge on any atom is 0.213 e. The fourth-order valence-electron chi connectivity index (χ4n) is 3.12. The summed E-state index contributed by atoms with van der Waals surface area (Å²) in [6.07, 6.45) is 10.1. The van der Waals surface area contributed by atoms with Crippen molar-refractivity contribution in [1.82, 2.24) is 20.6 Å². The van der Waals surface area contributed by atoms with Crippen molar-refractivity contribution >= 4 is 29.9 Å². The normalized spacial score (nSPS) is 14.8. The van der Waals surface area contributed by atoms with E-state index in [1.165, 1.54) is 19.3 Å². The summed E-state index contributed by atoms with van der Waals surface area (Å²) in [6, 6.07) is 9.88. The number of hydrogen-bond acceptors (Lipinski definition) is 4. The van der Waals surface area contributed by atoms with Gasteiger partial charge in [0.25, 0.3) is 0 Å². The first-order valence-corrected chi connectivity index (χ1v) is 9.87. The lowest BCUT2D eigenvalue weighted by atomic mass is 9.98.